The highest BCUT2D eigenvalue weighted by atomic mass is 16.5. The van der Waals surface area contributed by atoms with E-state index in [0.717, 1.165) is 10.8 Å². The number of hydrogen-bond acceptors (Lipinski definition) is 2. The second kappa shape index (κ2) is 5.31. The molecule has 1 N–H and O–H groups in total. The minimum atomic E-state index is -0.123. The van der Waals surface area contributed by atoms with Crippen molar-refractivity contribution in [2.75, 3.05) is 13.8 Å². The molecule has 100 valence electrons. The molecule has 0 saturated heterocycles. The molecule has 0 aromatic heterocycles. The third-order valence-electron chi connectivity index (χ3n) is 3.38. The zero-order chi connectivity index (χ0) is 13.9. The van der Waals surface area contributed by atoms with Gasteiger partial charge in [0, 0.05) is 12.7 Å². The van der Waals surface area contributed by atoms with Gasteiger partial charge in [-0.15, -0.1) is 0 Å². The highest BCUT2D eigenvalue weighted by molar-refractivity contribution is 6.09. The number of rotatable bonds is 3. The third-order valence-corrected chi connectivity index (χ3v) is 3.38. The zero-order valence-corrected chi connectivity index (χ0v) is 11.2. The summed E-state index contributed by atoms with van der Waals surface area (Å²) in [6.45, 7) is 0.217. The fourth-order valence-corrected chi connectivity index (χ4v) is 2.39. The van der Waals surface area contributed by atoms with Gasteiger partial charge in [-0.05, 0) is 33.7 Å². The molecular weight excluding hydrogens is 250 g/mol. The lowest BCUT2D eigenvalue weighted by atomic mass is 10.00. The number of amides is 1. The van der Waals surface area contributed by atoms with E-state index in [9.17, 15) is 4.79 Å². The maximum Gasteiger partial charge on any atom is 0.253 e. The summed E-state index contributed by atoms with van der Waals surface area (Å²) in [5.41, 5.74) is 0.643. The van der Waals surface area contributed by atoms with Gasteiger partial charge < -0.3 is 10.1 Å². The van der Waals surface area contributed by atoms with Crippen molar-refractivity contribution < 1.29 is 9.53 Å². The molecule has 3 aromatic carbocycles. The maximum absolute atomic E-state index is 11.9. The Morgan fingerprint density at radius 3 is 2.60 bits per heavy atom. The first-order valence-corrected chi connectivity index (χ1v) is 6.48. The Morgan fingerprint density at radius 1 is 1.00 bits per heavy atom. The Hall–Kier alpha value is -2.39. The van der Waals surface area contributed by atoms with E-state index in [-0.39, 0.29) is 12.6 Å². The predicted octanol–water partition coefficient (Wildman–Crippen LogP) is 3.33. The second-order valence-corrected chi connectivity index (χ2v) is 4.66. The van der Waals surface area contributed by atoms with Crippen molar-refractivity contribution >= 4 is 27.5 Å². The average molecular weight is 265 g/mol. The molecule has 0 aliphatic rings. The lowest BCUT2D eigenvalue weighted by molar-refractivity contribution is 0.0872. The van der Waals surface area contributed by atoms with Gasteiger partial charge in [-0.2, -0.15) is 0 Å². The van der Waals surface area contributed by atoms with Crippen LogP contribution >= 0.6 is 0 Å². The van der Waals surface area contributed by atoms with E-state index in [1.54, 1.807) is 7.11 Å². The van der Waals surface area contributed by atoms with Gasteiger partial charge >= 0.3 is 0 Å². The van der Waals surface area contributed by atoms with Crippen LogP contribution in [0.5, 0.6) is 0 Å². The largest absolute Gasteiger partial charge is 0.364 e. The van der Waals surface area contributed by atoms with E-state index < -0.39 is 0 Å². The van der Waals surface area contributed by atoms with Crippen LogP contribution in [0.25, 0.3) is 21.5 Å². The fraction of sp³-hybridized carbons (Fsp3) is 0.118. The fourth-order valence-electron chi connectivity index (χ4n) is 2.39. The zero-order valence-electron chi connectivity index (χ0n) is 11.2. The van der Waals surface area contributed by atoms with E-state index in [4.69, 9.17) is 4.74 Å². The average Bonchev–Trinajstić information content (AvgIpc) is 2.51. The number of hydrogen-bond donors (Lipinski definition) is 1. The Bertz CT molecular complexity index is 780. The van der Waals surface area contributed by atoms with E-state index in [1.807, 2.05) is 36.4 Å². The van der Waals surface area contributed by atoms with E-state index in [2.05, 4.69) is 23.5 Å². The van der Waals surface area contributed by atoms with Gasteiger partial charge in [-0.25, -0.2) is 0 Å². The predicted molar refractivity (Wildman–Crippen MR) is 80.8 cm³/mol. The number of fused-ring (bicyclic) bond motifs is 3. The standard InChI is InChI=1S/C17H15NO2/c1-20-11-18-17(19)14-8-9-16-13(10-14)7-6-12-4-2-3-5-15(12)16/h2-10H,11H2,1H3,(H,18,19). The van der Waals surface area contributed by atoms with Crippen LogP contribution in [0, 0.1) is 0 Å². The van der Waals surface area contributed by atoms with Crippen LogP contribution in [-0.2, 0) is 4.74 Å². The summed E-state index contributed by atoms with van der Waals surface area (Å²) in [5.74, 6) is -0.123. The Morgan fingerprint density at radius 2 is 1.75 bits per heavy atom. The van der Waals surface area contributed by atoms with Gasteiger partial charge in [0.25, 0.3) is 5.91 Å². The van der Waals surface area contributed by atoms with Gasteiger partial charge in [-0.3, -0.25) is 4.79 Å². The van der Waals surface area contributed by atoms with Crippen LogP contribution in [-0.4, -0.2) is 19.7 Å². The summed E-state index contributed by atoms with van der Waals surface area (Å²) in [6.07, 6.45) is 0. The molecule has 0 fully saturated rings. The number of carbonyl (C=O) groups excluding carboxylic acids is 1. The molecule has 3 aromatic rings. The monoisotopic (exact) mass is 265 g/mol. The summed E-state index contributed by atoms with van der Waals surface area (Å²) >= 11 is 0. The molecule has 0 unspecified atom stereocenters. The second-order valence-electron chi connectivity index (χ2n) is 4.66. The SMILES string of the molecule is COCNC(=O)c1ccc2c(ccc3ccccc32)c1. The maximum atomic E-state index is 11.9. The normalized spacial score (nSPS) is 10.8. The first kappa shape index (κ1) is 12.6. The van der Waals surface area contributed by atoms with Gasteiger partial charge in [0.1, 0.15) is 6.73 Å². The summed E-state index contributed by atoms with van der Waals surface area (Å²) < 4.78 is 4.85. The van der Waals surface area contributed by atoms with Crippen LogP contribution in [0.2, 0.25) is 0 Å². The van der Waals surface area contributed by atoms with Gasteiger partial charge in [0.05, 0.1) is 0 Å². The highest BCUT2D eigenvalue weighted by Crippen LogP contribution is 2.25. The lowest BCUT2D eigenvalue weighted by Gasteiger charge is -2.07. The van der Waals surface area contributed by atoms with Crippen LogP contribution < -0.4 is 5.32 Å². The van der Waals surface area contributed by atoms with Crippen molar-refractivity contribution in [2.45, 2.75) is 0 Å². The van der Waals surface area contributed by atoms with Crippen LogP contribution in [0.3, 0.4) is 0 Å². The number of ether oxygens (including phenoxy) is 1. The van der Waals surface area contributed by atoms with Crippen molar-refractivity contribution in [3.05, 3.63) is 60.2 Å². The van der Waals surface area contributed by atoms with Gasteiger partial charge in [0.2, 0.25) is 0 Å². The smallest absolute Gasteiger partial charge is 0.253 e. The molecular formula is C17H15NO2. The molecule has 3 nitrogen and oxygen atoms in total. The highest BCUT2D eigenvalue weighted by Gasteiger charge is 2.07. The summed E-state index contributed by atoms with van der Waals surface area (Å²) in [6, 6.07) is 18.1. The third kappa shape index (κ3) is 2.24. The quantitative estimate of drug-likeness (QED) is 0.582. The Balaban J connectivity index is 2.08. The minimum absolute atomic E-state index is 0.123. The topological polar surface area (TPSA) is 38.3 Å². The van der Waals surface area contributed by atoms with E-state index >= 15 is 0 Å². The minimum Gasteiger partial charge on any atom is -0.364 e. The van der Waals surface area contributed by atoms with Crippen molar-refractivity contribution in [2.24, 2.45) is 0 Å². The number of benzene rings is 3. The molecule has 1 amide bonds. The Labute approximate surface area is 117 Å². The van der Waals surface area contributed by atoms with Crippen LogP contribution in [0.1, 0.15) is 10.4 Å². The Kier molecular flexibility index (Phi) is 3.35. The molecule has 3 rings (SSSR count). The lowest BCUT2D eigenvalue weighted by Crippen LogP contribution is -2.25. The summed E-state index contributed by atoms with van der Waals surface area (Å²) in [5, 5.41) is 7.32. The number of nitrogens with one attached hydrogen (secondary N) is 1. The molecule has 0 heterocycles. The summed E-state index contributed by atoms with van der Waals surface area (Å²) in [7, 11) is 1.55. The molecule has 0 radical (unpaired) electrons. The number of methoxy groups -OCH3 is 1. The molecule has 20 heavy (non-hydrogen) atoms. The number of carbonyl (C=O) groups is 1. The van der Waals surface area contributed by atoms with Crippen molar-refractivity contribution in [3.63, 3.8) is 0 Å². The van der Waals surface area contributed by atoms with Gasteiger partial charge in [-0.1, -0.05) is 42.5 Å². The molecule has 0 aliphatic heterocycles. The summed E-state index contributed by atoms with van der Waals surface area (Å²) in [4.78, 5) is 11.9. The molecule has 3 heteroatoms. The van der Waals surface area contributed by atoms with Crippen molar-refractivity contribution in [1.82, 2.24) is 5.32 Å². The van der Waals surface area contributed by atoms with E-state index in [1.165, 1.54) is 10.8 Å². The van der Waals surface area contributed by atoms with Crippen LogP contribution in [0.15, 0.2) is 54.6 Å². The van der Waals surface area contributed by atoms with Crippen molar-refractivity contribution in [1.29, 1.82) is 0 Å². The first-order chi connectivity index (χ1) is 9.79. The van der Waals surface area contributed by atoms with Gasteiger partial charge in [0.15, 0.2) is 0 Å². The molecule has 0 spiro atoms. The molecule has 0 bridgehead atoms. The first-order valence-electron chi connectivity index (χ1n) is 6.48. The molecule has 0 atom stereocenters. The molecule has 0 saturated carbocycles. The van der Waals surface area contributed by atoms with E-state index in [0.29, 0.717) is 5.56 Å². The van der Waals surface area contributed by atoms with Crippen LogP contribution in [0.4, 0.5) is 0 Å². The van der Waals surface area contributed by atoms with Crippen molar-refractivity contribution in [3.8, 4) is 0 Å². The molecule has 0 aliphatic carbocycles.